The molecule has 2 aromatic carbocycles. The van der Waals surface area contributed by atoms with E-state index in [1.54, 1.807) is 0 Å². The van der Waals surface area contributed by atoms with Crippen LogP contribution in [0.3, 0.4) is 0 Å². The van der Waals surface area contributed by atoms with E-state index in [4.69, 9.17) is 4.42 Å². The zero-order valence-corrected chi connectivity index (χ0v) is 11.7. The molecular weight excluding hydrogens is 260 g/mol. The van der Waals surface area contributed by atoms with Gasteiger partial charge in [0, 0.05) is 11.6 Å². The predicted octanol–water partition coefficient (Wildman–Crippen LogP) is 4.61. The predicted molar refractivity (Wildman–Crippen MR) is 84.1 cm³/mol. The Morgan fingerprint density at radius 2 is 1.57 bits per heavy atom. The Kier molecular flexibility index (Phi) is 2.71. The maximum absolute atomic E-state index is 5.86. The third kappa shape index (κ3) is 2.07. The van der Waals surface area contributed by atoms with Gasteiger partial charge in [-0.25, -0.2) is 9.97 Å². The first kappa shape index (κ1) is 12.1. The number of nitrogens with zero attached hydrogens (tertiary/aromatic N) is 2. The number of furan rings is 1. The van der Waals surface area contributed by atoms with Gasteiger partial charge < -0.3 is 4.42 Å². The minimum absolute atomic E-state index is 0.586. The lowest BCUT2D eigenvalue weighted by molar-refractivity contribution is 0.619. The average Bonchev–Trinajstić information content (AvgIpc) is 2.95. The van der Waals surface area contributed by atoms with Crippen LogP contribution in [-0.4, -0.2) is 9.97 Å². The van der Waals surface area contributed by atoms with Crippen molar-refractivity contribution in [2.24, 2.45) is 0 Å². The Labute approximate surface area is 122 Å². The molecule has 0 aliphatic rings. The van der Waals surface area contributed by atoms with Crippen LogP contribution in [0.25, 0.3) is 33.6 Å². The lowest BCUT2D eigenvalue weighted by Gasteiger charge is -1.98. The molecule has 4 aromatic rings. The van der Waals surface area contributed by atoms with E-state index in [9.17, 15) is 0 Å². The van der Waals surface area contributed by atoms with E-state index in [1.807, 2.05) is 30.3 Å². The number of benzene rings is 2. The van der Waals surface area contributed by atoms with Crippen molar-refractivity contribution in [3.05, 3.63) is 60.2 Å². The Morgan fingerprint density at radius 1 is 0.857 bits per heavy atom. The van der Waals surface area contributed by atoms with E-state index in [2.05, 4.69) is 41.2 Å². The van der Waals surface area contributed by atoms with Gasteiger partial charge in [-0.1, -0.05) is 43.3 Å². The molecule has 0 N–H and O–H groups in total. The third-order valence-electron chi connectivity index (χ3n) is 3.68. The molecule has 3 nitrogen and oxygen atoms in total. The van der Waals surface area contributed by atoms with Crippen molar-refractivity contribution in [1.29, 1.82) is 0 Å². The molecule has 0 aliphatic carbocycles. The van der Waals surface area contributed by atoms with Crippen molar-refractivity contribution in [3.63, 3.8) is 0 Å². The molecule has 4 rings (SSSR count). The van der Waals surface area contributed by atoms with Crippen molar-refractivity contribution in [2.75, 3.05) is 0 Å². The second-order valence-corrected chi connectivity index (χ2v) is 5.06. The summed E-state index contributed by atoms with van der Waals surface area (Å²) >= 11 is 0. The molecule has 0 fully saturated rings. The number of fused-ring (bicyclic) bond motifs is 2. The summed E-state index contributed by atoms with van der Waals surface area (Å²) in [6, 6.07) is 18.2. The van der Waals surface area contributed by atoms with Crippen molar-refractivity contribution in [2.45, 2.75) is 13.3 Å². The van der Waals surface area contributed by atoms with Crippen LogP contribution < -0.4 is 0 Å². The van der Waals surface area contributed by atoms with E-state index in [1.165, 1.54) is 5.56 Å². The highest BCUT2D eigenvalue weighted by Gasteiger charge is 2.09. The molecule has 0 amide bonds. The van der Waals surface area contributed by atoms with Crippen LogP contribution in [-0.2, 0) is 6.42 Å². The van der Waals surface area contributed by atoms with E-state index >= 15 is 0 Å². The highest BCUT2D eigenvalue weighted by Crippen LogP contribution is 2.27. The normalized spacial score (nSPS) is 11.3. The van der Waals surface area contributed by atoms with Crippen molar-refractivity contribution < 1.29 is 4.42 Å². The molecule has 0 atom stereocenters. The number of para-hydroxylation sites is 2. The van der Waals surface area contributed by atoms with Crippen LogP contribution in [0, 0.1) is 0 Å². The smallest absolute Gasteiger partial charge is 0.246 e. The van der Waals surface area contributed by atoms with Gasteiger partial charge in [-0.15, -0.1) is 0 Å². The van der Waals surface area contributed by atoms with E-state index in [0.29, 0.717) is 5.71 Å². The lowest BCUT2D eigenvalue weighted by atomic mass is 10.1. The van der Waals surface area contributed by atoms with Gasteiger partial charge in [-0.05, 0) is 24.1 Å². The largest absolute Gasteiger partial charge is 0.436 e. The summed E-state index contributed by atoms with van der Waals surface area (Å²) in [7, 11) is 0. The molecule has 0 saturated carbocycles. The minimum atomic E-state index is 0.586. The first-order chi connectivity index (χ1) is 10.3. The summed E-state index contributed by atoms with van der Waals surface area (Å²) in [5, 5.41) is 0. The standard InChI is InChI=1S/C18H14N2O/c1-2-12-7-9-13(10-8-12)17-11-16-18(21-17)20-15-6-4-3-5-14(15)19-16/h3-11H,2H2,1H3. The van der Waals surface area contributed by atoms with Gasteiger partial charge in [0.05, 0.1) is 11.0 Å². The highest BCUT2D eigenvalue weighted by molar-refractivity contribution is 5.85. The first-order valence-corrected chi connectivity index (χ1v) is 7.09. The number of aryl methyl sites for hydroxylation is 1. The maximum Gasteiger partial charge on any atom is 0.246 e. The zero-order valence-electron chi connectivity index (χ0n) is 11.7. The SMILES string of the molecule is CCc1ccc(-c2cc3nc4ccccc4nc3o2)cc1. The number of hydrogen-bond donors (Lipinski definition) is 0. The van der Waals surface area contributed by atoms with Gasteiger partial charge >= 0.3 is 0 Å². The molecule has 0 unspecified atom stereocenters. The molecule has 3 heteroatoms. The molecular formula is C18H14N2O. The minimum Gasteiger partial charge on any atom is -0.436 e. The van der Waals surface area contributed by atoms with E-state index < -0.39 is 0 Å². The molecule has 21 heavy (non-hydrogen) atoms. The second-order valence-electron chi connectivity index (χ2n) is 5.06. The van der Waals surface area contributed by atoms with Crippen LogP contribution in [0.15, 0.2) is 59.0 Å². The van der Waals surface area contributed by atoms with Crippen LogP contribution in [0.5, 0.6) is 0 Å². The third-order valence-corrected chi connectivity index (χ3v) is 3.68. The molecule has 0 spiro atoms. The fourth-order valence-electron chi connectivity index (χ4n) is 2.47. The van der Waals surface area contributed by atoms with E-state index in [-0.39, 0.29) is 0 Å². The molecule has 2 heterocycles. The molecule has 0 radical (unpaired) electrons. The molecule has 0 aliphatic heterocycles. The lowest BCUT2D eigenvalue weighted by Crippen LogP contribution is -1.82. The van der Waals surface area contributed by atoms with Crippen molar-refractivity contribution in [1.82, 2.24) is 9.97 Å². The average molecular weight is 274 g/mol. The molecule has 2 aromatic heterocycles. The van der Waals surface area contributed by atoms with Gasteiger partial charge in [-0.2, -0.15) is 0 Å². The number of rotatable bonds is 2. The maximum atomic E-state index is 5.86. The first-order valence-electron chi connectivity index (χ1n) is 7.09. The van der Waals surface area contributed by atoms with Gasteiger partial charge in [-0.3, -0.25) is 0 Å². The van der Waals surface area contributed by atoms with Crippen molar-refractivity contribution in [3.8, 4) is 11.3 Å². The number of hydrogen-bond acceptors (Lipinski definition) is 3. The molecule has 0 saturated heterocycles. The summed E-state index contributed by atoms with van der Waals surface area (Å²) in [5.41, 5.74) is 5.49. The fourth-order valence-corrected chi connectivity index (χ4v) is 2.47. The molecule has 0 bridgehead atoms. The van der Waals surface area contributed by atoms with Crippen LogP contribution in [0.2, 0.25) is 0 Å². The van der Waals surface area contributed by atoms with E-state index in [0.717, 1.165) is 34.3 Å². The van der Waals surface area contributed by atoms with Crippen LogP contribution in [0.1, 0.15) is 12.5 Å². The summed E-state index contributed by atoms with van der Waals surface area (Å²) < 4.78 is 5.86. The Bertz CT molecular complexity index is 870. The van der Waals surface area contributed by atoms with Gasteiger partial charge in [0.25, 0.3) is 0 Å². The van der Waals surface area contributed by atoms with Crippen LogP contribution in [0.4, 0.5) is 0 Å². The van der Waals surface area contributed by atoms with Crippen molar-refractivity contribution >= 4 is 22.3 Å². The Hall–Kier alpha value is -2.68. The van der Waals surface area contributed by atoms with Gasteiger partial charge in [0.15, 0.2) is 0 Å². The van der Waals surface area contributed by atoms with Gasteiger partial charge in [0.1, 0.15) is 11.3 Å². The second kappa shape index (κ2) is 4.70. The zero-order chi connectivity index (χ0) is 14.2. The highest BCUT2D eigenvalue weighted by atomic mass is 16.3. The summed E-state index contributed by atoms with van der Waals surface area (Å²) in [4.78, 5) is 9.13. The Balaban J connectivity index is 1.87. The monoisotopic (exact) mass is 274 g/mol. The quantitative estimate of drug-likeness (QED) is 0.536. The van der Waals surface area contributed by atoms with Crippen LogP contribution >= 0.6 is 0 Å². The number of aromatic nitrogens is 2. The summed E-state index contributed by atoms with van der Waals surface area (Å²) in [6.45, 7) is 2.15. The summed E-state index contributed by atoms with van der Waals surface area (Å²) in [6.07, 6.45) is 1.04. The molecule has 102 valence electrons. The summed E-state index contributed by atoms with van der Waals surface area (Å²) in [5.74, 6) is 0.808. The Morgan fingerprint density at radius 3 is 2.29 bits per heavy atom. The van der Waals surface area contributed by atoms with Gasteiger partial charge in [0.2, 0.25) is 5.71 Å². The fraction of sp³-hybridized carbons (Fsp3) is 0.111. The topological polar surface area (TPSA) is 38.9 Å².